The molecule has 0 atom stereocenters. The zero-order chi connectivity index (χ0) is 20.3. The van der Waals surface area contributed by atoms with E-state index in [9.17, 15) is 27.2 Å². The average molecular weight is 397 g/mol. The summed E-state index contributed by atoms with van der Waals surface area (Å²) in [5.41, 5.74) is -0.593. The summed E-state index contributed by atoms with van der Waals surface area (Å²) >= 11 is 0. The molecule has 0 aliphatic carbocycles. The first-order valence-corrected chi connectivity index (χ1v) is 7.73. The van der Waals surface area contributed by atoms with Gasteiger partial charge < -0.3 is 14.5 Å². The highest BCUT2D eigenvalue weighted by Crippen LogP contribution is 2.26. The summed E-state index contributed by atoms with van der Waals surface area (Å²) in [7, 11) is 0. The number of alkyl halides is 3. The van der Waals surface area contributed by atoms with E-state index in [1.54, 1.807) is 0 Å². The van der Waals surface area contributed by atoms with E-state index >= 15 is 0 Å². The molecule has 0 radical (unpaired) electrons. The number of hydrogen-bond donors (Lipinski definition) is 1. The Morgan fingerprint density at radius 1 is 1.18 bits per heavy atom. The minimum Gasteiger partial charge on any atom is -0.458 e. The van der Waals surface area contributed by atoms with Gasteiger partial charge in [-0.25, -0.2) is 14.2 Å². The van der Waals surface area contributed by atoms with Crippen molar-refractivity contribution in [3.63, 3.8) is 0 Å². The number of fused-ring (bicyclic) bond motifs is 1. The molecule has 0 unspecified atom stereocenters. The highest BCUT2D eigenvalue weighted by Gasteiger charge is 2.30. The Morgan fingerprint density at radius 2 is 1.96 bits per heavy atom. The molecule has 146 valence electrons. The average Bonchev–Trinajstić information content (AvgIpc) is 3.06. The Kier molecular flexibility index (Phi) is 5.25. The Morgan fingerprint density at radius 3 is 2.64 bits per heavy atom. The van der Waals surface area contributed by atoms with Crippen LogP contribution in [0.15, 0.2) is 41.2 Å². The number of benzene rings is 1. The Labute approximate surface area is 154 Å². The molecule has 0 aliphatic heterocycles. The van der Waals surface area contributed by atoms with E-state index in [-0.39, 0.29) is 29.0 Å². The number of furan rings is 1. The standard InChI is InChI=1S/C17H11F4N3O4/c18-10-3-9-4-11(6-24-15(25)13-7-22-1-2-23-13)28-14(9)12(5-10)16(26)27-8-17(19,20)21/h1-5,7H,6,8H2,(H,24,25). The maximum absolute atomic E-state index is 13.7. The van der Waals surface area contributed by atoms with Crippen LogP contribution in [0.5, 0.6) is 0 Å². The second kappa shape index (κ2) is 7.62. The van der Waals surface area contributed by atoms with E-state index in [4.69, 9.17) is 4.42 Å². The highest BCUT2D eigenvalue weighted by molar-refractivity contribution is 6.02. The van der Waals surface area contributed by atoms with Crippen molar-refractivity contribution in [1.82, 2.24) is 15.3 Å². The molecule has 1 amide bonds. The van der Waals surface area contributed by atoms with Gasteiger partial charge in [0.1, 0.15) is 28.4 Å². The summed E-state index contributed by atoms with van der Waals surface area (Å²) in [6, 6.07) is 3.09. The lowest BCUT2D eigenvalue weighted by Crippen LogP contribution is -2.23. The Balaban J connectivity index is 1.79. The second-order valence-electron chi connectivity index (χ2n) is 5.55. The fourth-order valence-corrected chi connectivity index (χ4v) is 2.31. The number of amides is 1. The molecule has 2 heterocycles. The minimum absolute atomic E-state index is 0.0565. The summed E-state index contributed by atoms with van der Waals surface area (Å²) in [5, 5.41) is 2.62. The summed E-state index contributed by atoms with van der Waals surface area (Å²) in [6.45, 7) is -1.95. The number of carbonyl (C=O) groups is 2. The molecule has 0 saturated heterocycles. The number of ether oxygens (including phenoxy) is 1. The first-order valence-electron chi connectivity index (χ1n) is 7.73. The summed E-state index contributed by atoms with van der Waals surface area (Å²) in [6.07, 6.45) is -0.749. The van der Waals surface area contributed by atoms with Crippen molar-refractivity contribution in [1.29, 1.82) is 0 Å². The van der Waals surface area contributed by atoms with Gasteiger partial charge in [-0.2, -0.15) is 13.2 Å². The highest BCUT2D eigenvalue weighted by atomic mass is 19.4. The molecule has 1 N–H and O–H groups in total. The quantitative estimate of drug-likeness (QED) is 0.525. The molecule has 1 aromatic carbocycles. The maximum atomic E-state index is 13.7. The first kappa shape index (κ1) is 19.3. The van der Waals surface area contributed by atoms with Crippen molar-refractivity contribution in [2.24, 2.45) is 0 Å². The molecule has 7 nitrogen and oxygen atoms in total. The van der Waals surface area contributed by atoms with Crippen molar-refractivity contribution in [2.45, 2.75) is 12.7 Å². The molecule has 0 saturated carbocycles. The second-order valence-corrected chi connectivity index (χ2v) is 5.55. The van der Waals surface area contributed by atoms with Gasteiger partial charge in [-0.15, -0.1) is 0 Å². The normalized spacial score (nSPS) is 11.4. The summed E-state index contributed by atoms with van der Waals surface area (Å²) in [4.78, 5) is 31.4. The Bertz CT molecular complexity index is 1020. The largest absolute Gasteiger partial charge is 0.458 e. The van der Waals surface area contributed by atoms with Gasteiger partial charge in [-0.3, -0.25) is 9.78 Å². The van der Waals surface area contributed by atoms with E-state index in [2.05, 4.69) is 20.0 Å². The van der Waals surface area contributed by atoms with E-state index in [0.29, 0.717) is 6.07 Å². The SMILES string of the molecule is O=C(NCc1cc2cc(F)cc(C(=O)OCC(F)(F)F)c2o1)c1cnccn1. The summed E-state index contributed by atoms with van der Waals surface area (Å²) in [5.74, 6) is -2.65. The topological polar surface area (TPSA) is 94.3 Å². The number of nitrogens with one attached hydrogen (secondary N) is 1. The third kappa shape index (κ3) is 4.61. The fraction of sp³-hybridized carbons (Fsp3) is 0.176. The smallest absolute Gasteiger partial charge is 0.422 e. The monoisotopic (exact) mass is 397 g/mol. The lowest BCUT2D eigenvalue weighted by Gasteiger charge is -2.08. The predicted octanol–water partition coefficient (Wildman–Crippen LogP) is 3.01. The van der Waals surface area contributed by atoms with Crippen molar-refractivity contribution in [3.8, 4) is 0 Å². The molecule has 3 aromatic rings. The summed E-state index contributed by atoms with van der Waals surface area (Å²) < 4.78 is 59.9. The zero-order valence-corrected chi connectivity index (χ0v) is 13.9. The number of carbonyl (C=O) groups excluding carboxylic acids is 2. The molecular weight excluding hydrogens is 386 g/mol. The van der Waals surface area contributed by atoms with Crippen LogP contribution in [-0.4, -0.2) is 34.6 Å². The van der Waals surface area contributed by atoms with E-state index < -0.39 is 36.0 Å². The minimum atomic E-state index is -4.72. The van der Waals surface area contributed by atoms with Crippen molar-refractivity contribution in [3.05, 3.63) is 59.6 Å². The van der Waals surface area contributed by atoms with Gasteiger partial charge in [-0.1, -0.05) is 0 Å². The van der Waals surface area contributed by atoms with Crippen molar-refractivity contribution < 1.29 is 36.3 Å². The molecule has 28 heavy (non-hydrogen) atoms. The molecular formula is C17H11F4N3O4. The Hall–Kier alpha value is -3.50. The third-order valence-corrected chi connectivity index (χ3v) is 3.44. The molecule has 0 spiro atoms. The number of hydrogen-bond acceptors (Lipinski definition) is 6. The van der Waals surface area contributed by atoms with Gasteiger partial charge in [0.2, 0.25) is 0 Å². The maximum Gasteiger partial charge on any atom is 0.422 e. The molecule has 11 heteroatoms. The van der Waals surface area contributed by atoms with Crippen LogP contribution in [-0.2, 0) is 11.3 Å². The predicted molar refractivity (Wildman–Crippen MR) is 85.7 cm³/mol. The van der Waals surface area contributed by atoms with Crippen molar-refractivity contribution in [2.75, 3.05) is 6.61 Å². The van der Waals surface area contributed by atoms with Crippen LogP contribution in [0.3, 0.4) is 0 Å². The molecule has 2 aromatic heterocycles. The number of esters is 1. The van der Waals surface area contributed by atoms with Crippen LogP contribution in [0.4, 0.5) is 17.6 Å². The molecule has 3 rings (SSSR count). The van der Waals surface area contributed by atoms with Gasteiger partial charge in [0.15, 0.2) is 6.61 Å². The molecule has 0 aliphatic rings. The first-order chi connectivity index (χ1) is 13.2. The van der Waals surface area contributed by atoms with Crippen molar-refractivity contribution >= 4 is 22.8 Å². The van der Waals surface area contributed by atoms with E-state index in [1.165, 1.54) is 24.7 Å². The fourth-order valence-electron chi connectivity index (χ4n) is 2.31. The van der Waals surface area contributed by atoms with Crippen LogP contribution in [0, 0.1) is 5.82 Å². The lowest BCUT2D eigenvalue weighted by molar-refractivity contribution is -0.161. The molecule has 0 bridgehead atoms. The van der Waals surface area contributed by atoms with E-state index in [1.807, 2.05) is 0 Å². The van der Waals surface area contributed by atoms with Gasteiger partial charge in [0.05, 0.1) is 12.7 Å². The van der Waals surface area contributed by atoms with Crippen LogP contribution in [0.25, 0.3) is 11.0 Å². The van der Waals surface area contributed by atoms with Crippen LogP contribution in [0.1, 0.15) is 26.6 Å². The molecule has 0 fully saturated rings. The third-order valence-electron chi connectivity index (χ3n) is 3.44. The van der Waals surface area contributed by atoms with Crippen LogP contribution in [0.2, 0.25) is 0 Å². The number of rotatable bonds is 5. The van der Waals surface area contributed by atoms with Gasteiger partial charge in [0.25, 0.3) is 5.91 Å². The lowest BCUT2D eigenvalue weighted by atomic mass is 10.1. The zero-order valence-electron chi connectivity index (χ0n) is 13.9. The number of halogens is 4. The van der Waals surface area contributed by atoms with Gasteiger partial charge in [-0.05, 0) is 18.2 Å². The number of nitrogens with zero attached hydrogens (tertiary/aromatic N) is 2. The van der Waals surface area contributed by atoms with Crippen LogP contribution < -0.4 is 5.32 Å². The van der Waals surface area contributed by atoms with E-state index in [0.717, 1.165) is 6.07 Å². The number of aromatic nitrogens is 2. The van der Waals surface area contributed by atoms with Gasteiger partial charge >= 0.3 is 12.1 Å². The van der Waals surface area contributed by atoms with Gasteiger partial charge in [0, 0.05) is 17.8 Å². The van der Waals surface area contributed by atoms with Crippen LogP contribution >= 0.6 is 0 Å².